The normalized spacial score (nSPS) is 25.0. The van der Waals surface area contributed by atoms with Crippen molar-refractivity contribution in [2.75, 3.05) is 19.8 Å². The van der Waals surface area contributed by atoms with E-state index in [1.54, 1.807) is 0 Å². The van der Waals surface area contributed by atoms with Crippen molar-refractivity contribution in [3.8, 4) is 0 Å². The molecule has 1 aliphatic rings. The molecule has 0 spiro atoms. The average molecular weight is 286 g/mol. The Kier molecular flexibility index (Phi) is 4.32. The van der Waals surface area contributed by atoms with Gasteiger partial charge in [0, 0.05) is 17.2 Å². The van der Waals surface area contributed by atoms with E-state index in [9.17, 15) is 0 Å². The Labute approximate surface area is 104 Å². The molecule has 1 aromatic rings. The van der Waals surface area contributed by atoms with E-state index in [2.05, 4.69) is 27.8 Å². The predicted molar refractivity (Wildman–Crippen MR) is 65.9 cm³/mol. The molecule has 0 saturated carbocycles. The molecule has 1 fully saturated rings. The van der Waals surface area contributed by atoms with E-state index in [4.69, 9.17) is 9.47 Å². The highest BCUT2D eigenvalue weighted by Gasteiger charge is 2.28. The molecule has 4 heteroatoms. The maximum Gasteiger partial charge on any atom is 0.0940 e. The van der Waals surface area contributed by atoms with Crippen molar-refractivity contribution in [1.82, 2.24) is 4.98 Å². The first-order valence-corrected chi connectivity index (χ1v) is 6.44. The van der Waals surface area contributed by atoms with Gasteiger partial charge >= 0.3 is 0 Å². The summed E-state index contributed by atoms with van der Waals surface area (Å²) < 4.78 is 11.1. The van der Waals surface area contributed by atoms with Crippen molar-refractivity contribution >= 4 is 15.9 Å². The zero-order valence-corrected chi connectivity index (χ0v) is 10.9. The van der Waals surface area contributed by atoms with E-state index >= 15 is 0 Å². The molecule has 3 nitrogen and oxygen atoms in total. The van der Waals surface area contributed by atoms with E-state index < -0.39 is 0 Å². The van der Waals surface area contributed by atoms with Crippen LogP contribution >= 0.6 is 15.9 Å². The summed E-state index contributed by atoms with van der Waals surface area (Å²) in [5, 5.41) is 0. The Morgan fingerprint density at radius 3 is 2.75 bits per heavy atom. The zero-order chi connectivity index (χ0) is 11.4. The minimum absolute atomic E-state index is 0.136. The fourth-order valence-electron chi connectivity index (χ4n) is 1.86. The van der Waals surface area contributed by atoms with Crippen LogP contribution in [0.15, 0.2) is 24.5 Å². The molecule has 0 N–H and O–H groups in total. The van der Waals surface area contributed by atoms with Crippen LogP contribution in [-0.2, 0) is 9.47 Å². The van der Waals surface area contributed by atoms with Crippen LogP contribution in [0.4, 0.5) is 0 Å². The highest BCUT2D eigenvalue weighted by molar-refractivity contribution is 9.09. The highest BCUT2D eigenvalue weighted by atomic mass is 79.9. The third kappa shape index (κ3) is 2.81. The second kappa shape index (κ2) is 5.75. The predicted octanol–water partition coefficient (Wildman–Crippen LogP) is 2.36. The van der Waals surface area contributed by atoms with Gasteiger partial charge in [-0.15, -0.1) is 0 Å². The van der Waals surface area contributed by atoms with E-state index in [0.29, 0.717) is 25.7 Å². The van der Waals surface area contributed by atoms with Crippen LogP contribution in [0.25, 0.3) is 0 Å². The Bertz CT molecular complexity index is 314. The maximum absolute atomic E-state index is 5.69. The maximum atomic E-state index is 5.69. The van der Waals surface area contributed by atoms with Gasteiger partial charge in [0.2, 0.25) is 0 Å². The SMILES string of the molecule is CC(c1ccncc1)C(Br)C1COCCO1. The van der Waals surface area contributed by atoms with Gasteiger partial charge < -0.3 is 9.47 Å². The number of pyridine rings is 1. The van der Waals surface area contributed by atoms with Crippen LogP contribution in [0.2, 0.25) is 0 Å². The van der Waals surface area contributed by atoms with Crippen LogP contribution in [0, 0.1) is 0 Å². The number of alkyl halides is 1. The number of hydrogen-bond acceptors (Lipinski definition) is 3. The van der Waals surface area contributed by atoms with Crippen molar-refractivity contribution in [1.29, 1.82) is 0 Å². The highest BCUT2D eigenvalue weighted by Crippen LogP contribution is 2.29. The van der Waals surface area contributed by atoms with Gasteiger partial charge in [-0.3, -0.25) is 4.98 Å². The van der Waals surface area contributed by atoms with Crippen molar-refractivity contribution in [2.45, 2.75) is 23.8 Å². The monoisotopic (exact) mass is 285 g/mol. The summed E-state index contributed by atoms with van der Waals surface area (Å²) in [4.78, 5) is 4.30. The second-order valence-corrected chi connectivity index (χ2v) is 5.06. The van der Waals surface area contributed by atoms with Crippen LogP contribution in [0.5, 0.6) is 0 Å². The molecule has 1 aromatic heterocycles. The molecular weight excluding hydrogens is 270 g/mol. The van der Waals surface area contributed by atoms with Crippen molar-refractivity contribution in [2.24, 2.45) is 0 Å². The van der Waals surface area contributed by atoms with Gasteiger partial charge in [0.25, 0.3) is 0 Å². The minimum atomic E-state index is 0.136. The summed E-state index contributed by atoms with van der Waals surface area (Å²) in [6, 6.07) is 4.09. The number of nitrogens with zero attached hydrogens (tertiary/aromatic N) is 1. The number of halogens is 1. The van der Waals surface area contributed by atoms with Crippen molar-refractivity contribution in [3.63, 3.8) is 0 Å². The molecule has 2 heterocycles. The summed E-state index contributed by atoms with van der Waals surface area (Å²) >= 11 is 3.72. The number of ether oxygens (including phenoxy) is 2. The van der Waals surface area contributed by atoms with E-state index in [1.807, 2.05) is 24.5 Å². The van der Waals surface area contributed by atoms with E-state index in [1.165, 1.54) is 5.56 Å². The molecule has 0 aliphatic carbocycles. The lowest BCUT2D eigenvalue weighted by molar-refractivity contribution is -0.0888. The topological polar surface area (TPSA) is 31.4 Å². The first kappa shape index (κ1) is 12.0. The average Bonchev–Trinajstić information content (AvgIpc) is 2.39. The molecule has 0 amide bonds. The largest absolute Gasteiger partial charge is 0.376 e. The molecule has 2 rings (SSSR count). The summed E-state index contributed by atoms with van der Waals surface area (Å²) in [6.07, 6.45) is 3.78. The van der Waals surface area contributed by atoms with Gasteiger partial charge in [-0.25, -0.2) is 0 Å². The Balaban J connectivity index is 2.00. The number of rotatable bonds is 3. The molecule has 0 radical (unpaired) electrons. The summed E-state index contributed by atoms with van der Waals surface area (Å²) in [5.41, 5.74) is 1.27. The standard InChI is InChI=1S/C12H16BrNO2/c1-9(10-2-4-14-5-3-10)12(13)11-8-15-6-7-16-11/h2-5,9,11-12H,6-8H2,1H3. The van der Waals surface area contributed by atoms with Crippen LogP contribution in [0.3, 0.4) is 0 Å². The first-order valence-electron chi connectivity index (χ1n) is 5.52. The van der Waals surface area contributed by atoms with E-state index in [0.717, 1.165) is 0 Å². The van der Waals surface area contributed by atoms with Crippen molar-refractivity contribution in [3.05, 3.63) is 30.1 Å². The second-order valence-electron chi connectivity index (χ2n) is 4.00. The summed E-state index contributed by atoms with van der Waals surface area (Å²) in [6.45, 7) is 4.26. The third-order valence-electron chi connectivity index (χ3n) is 2.91. The van der Waals surface area contributed by atoms with Crippen LogP contribution in [-0.4, -0.2) is 35.7 Å². The first-order chi connectivity index (χ1) is 7.79. The Morgan fingerprint density at radius 2 is 2.12 bits per heavy atom. The summed E-state index contributed by atoms with van der Waals surface area (Å²) in [7, 11) is 0. The Morgan fingerprint density at radius 1 is 1.38 bits per heavy atom. The lowest BCUT2D eigenvalue weighted by atomic mass is 9.96. The van der Waals surface area contributed by atoms with Crippen LogP contribution < -0.4 is 0 Å². The third-order valence-corrected chi connectivity index (χ3v) is 4.29. The number of aromatic nitrogens is 1. The van der Waals surface area contributed by atoms with Crippen LogP contribution in [0.1, 0.15) is 18.4 Å². The lowest BCUT2D eigenvalue weighted by Gasteiger charge is -2.30. The molecule has 88 valence electrons. The zero-order valence-electron chi connectivity index (χ0n) is 9.30. The molecule has 0 bridgehead atoms. The molecule has 16 heavy (non-hydrogen) atoms. The molecule has 1 saturated heterocycles. The minimum Gasteiger partial charge on any atom is -0.376 e. The fraction of sp³-hybridized carbons (Fsp3) is 0.583. The quantitative estimate of drug-likeness (QED) is 0.799. The van der Waals surface area contributed by atoms with Gasteiger partial charge in [-0.05, 0) is 23.6 Å². The van der Waals surface area contributed by atoms with Gasteiger partial charge in [0.1, 0.15) is 0 Å². The summed E-state index contributed by atoms with van der Waals surface area (Å²) in [5.74, 6) is 0.384. The van der Waals surface area contributed by atoms with Gasteiger partial charge in [0.15, 0.2) is 0 Å². The number of hydrogen-bond donors (Lipinski definition) is 0. The fourth-order valence-corrected chi connectivity index (χ4v) is 2.47. The van der Waals surface area contributed by atoms with E-state index in [-0.39, 0.29) is 10.9 Å². The molecule has 1 aliphatic heterocycles. The molecule has 3 unspecified atom stereocenters. The lowest BCUT2D eigenvalue weighted by Crippen LogP contribution is -2.37. The molecule has 0 aromatic carbocycles. The van der Waals surface area contributed by atoms with Gasteiger partial charge in [-0.2, -0.15) is 0 Å². The Hall–Kier alpha value is -0.450. The van der Waals surface area contributed by atoms with Gasteiger partial charge in [-0.1, -0.05) is 22.9 Å². The van der Waals surface area contributed by atoms with Crippen molar-refractivity contribution < 1.29 is 9.47 Å². The molecule has 3 atom stereocenters. The van der Waals surface area contributed by atoms with Gasteiger partial charge in [0.05, 0.1) is 25.9 Å². The molecular formula is C12H16BrNO2. The smallest absolute Gasteiger partial charge is 0.0940 e.